The average Bonchev–Trinajstić information content (AvgIpc) is 2.94. The fraction of sp³-hybridized carbons (Fsp3) is 0.267. The van der Waals surface area contributed by atoms with Crippen LogP contribution in [0.4, 0.5) is 0 Å². The lowest BCUT2D eigenvalue weighted by Gasteiger charge is -2.32. The Kier molecular flexibility index (Phi) is 8.21. The van der Waals surface area contributed by atoms with Crippen LogP contribution in [0.2, 0.25) is 0 Å². The lowest BCUT2D eigenvalue weighted by atomic mass is 9.88. The number of aryl methyl sites for hydroxylation is 1. The number of fused-ring (bicyclic) bond motifs is 1. The molecule has 0 spiro atoms. The van der Waals surface area contributed by atoms with Crippen molar-refractivity contribution in [1.29, 1.82) is 0 Å². The zero-order valence-electron chi connectivity index (χ0n) is 22.3. The molecule has 2 amide bonds. The quantitative estimate of drug-likeness (QED) is 0.456. The van der Waals surface area contributed by atoms with E-state index in [1.807, 2.05) is 60.5 Å². The minimum atomic E-state index is -0.449. The number of methoxy groups -OCH3 is 4. The van der Waals surface area contributed by atoms with Crippen molar-refractivity contribution in [3.8, 4) is 23.0 Å². The van der Waals surface area contributed by atoms with Crippen molar-refractivity contribution in [3.63, 3.8) is 0 Å². The molecule has 0 fully saturated rings. The van der Waals surface area contributed by atoms with E-state index in [0.717, 1.165) is 27.8 Å². The Labute approximate surface area is 222 Å². The number of hydrogen-bond donors (Lipinski definition) is 1. The van der Waals surface area contributed by atoms with Crippen LogP contribution in [0.15, 0.2) is 66.4 Å². The number of rotatable bonds is 9. The third-order valence-electron chi connectivity index (χ3n) is 6.51. The molecule has 8 heteroatoms. The molecule has 4 rings (SSSR count). The molecule has 1 heterocycles. The molecular weight excluding hydrogens is 484 g/mol. The Morgan fingerprint density at radius 3 is 2.16 bits per heavy atom. The molecule has 3 aromatic carbocycles. The van der Waals surface area contributed by atoms with Gasteiger partial charge >= 0.3 is 0 Å². The van der Waals surface area contributed by atoms with E-state index in [0.29, 0.717) is 41.7 Å². The average molecular weight is 517 g/mol. The lowest BCUT2D eigenvalue weighted by molar-refractivity contribution is -0.129. The predicted octanol–water partition coefficient (Wildman–Crippen LogP) is 4.20. The highest BCUT2D eigenvalue weighted by molar-refractivity contribution is 6.10. The van der Waals surface area contributed by atoms with Gasteiger partial charge in [0, 0.05) is 25.6 Å². The molecular formula is C30H32N2O6. The second-order valence-electron chi connectivity index (χ2n) is 8.88. The summed E-state index contributed by atoms with van der Waals surface area (Å²) in [5.74, 6) is 1.37. The number of likely N-dealkylation sites (N-methyl/N-ethyl adjacent to an activating group) is 1. The zero-order valence-corrected chi connectivity index (χ0v) is 22.3. The molecule has 0 saturated heterocycles. The summed E-state index contributed by atoms with van der Waals surface area (Å²) in [7, 11) is 8.08. The van der Waals surface area contributed by atoms with Crippen LogP contribution in [0.25, 0.3) is 5.57 Å². The molecule has 0 saturated carbocycles. The number of nitrogens with zero attached hydrogens (tertiary/aromatic N) is 1. The Balaban J connectivity index is 1.60. The number of carbonyl (C=O) groups is 2. The van der Waals surface area contributed by atoms with E-state index in [4.69, 9.17) is 18.9 Å². The fourth-order valence-corrected chi connectivity index (χ4v) is 4.68. The molecule has 8 nitrogen and oxygen atoms in total. The highest BCUT2D eigenvalue weighted by Crippen LogP contribution is 2.39. The summed E-state index contributed by atoms with van der Waals surface area (Å²) in [6, 6.07) is 19.1. The van der Waals surface area contributed by atoms with Gasteiger partial charge in [-0.25, -0.2) is 0 Å². The second kappa shape index (κ2) is 11.7. The van der Waals surface area contributed by atoms with Crippen molar-refractivity contribution in [3.05, 3.63) is 88.6 Å². The topological polar surface area (TPSA) is 86.3 Å². The summed E-state index contributed by atoms with van der Waals surface area (Å²) in [5.41, 5.74) is 4.85. The van der Waals surface area contributed by atoms with Crippen molar-refractivity contribution in [2.24, 2.45) is 0 Å². The molecule has 0 bridgehead atoms. The standard InChI is InChI=1S/C30H32N2O6/c1-32-18-21-12-13-22(35-2)17-23(21)27(20-9-7-6-8-10-20)28(32)30(34)31-26(33)14-11-19-15-24(36-3)29(38-5)25(16-19)37-4/h6-10,12-13,15-17H,11,14,18H2,1-5H3,(H,31,33,34). The maximum absolute atomic E-state index is 13.5. The Morgan fingerprint density at radius 2 is 1.55 bits per heavy atom. The molecule has 3 aromatic rings. The Bertz CT molecular complexity index is 1340. The first-order valence-corrected chi connectivity index (χ1v) is 12.2. The monoisotopic (exact) mass is 516 g/mol. The molecule has 0 unspecified atom stereocenters. The van der Waals surface area contributed by atoms with Crippen LogP contribution >= 0.6 is 0 Å². The molecule has 0 aromatic heterocycles. The van der Waals surface area contributed by atoms with Gasteiger partial charge in [0.25, 0.3) is 5.91 Å². The van der Waals surface area contributed by atoms with Crippen molar-refractivity contribution < 1.29 is 28.5 Å². The van der Waals surface area contributed by atoms with Gasteiger partial charge in [0.1, 0.15) is 11.4 Å². The first-order chi connectivity index (χ1) is 18.4. The summed E-state index contributed by atoms with van der Waals surface area (Å²) in [5, 5.41) is 2.59. The molecule has 1 aliphatic rings. The molecule has 0 radical (unpaired) electrons. The minimum absolute atomic E-state index is 0.104. The van der Waals surface area contributed by atoms with Crippen molar-refractivity contribution in [1.82, 2.24) is 10.2 Å². The van der Waals surface area contributed by atoms with Crippen molar-refractivity contribution in [2.75, 3.05) is 35.5 Å². The molecule has 0 atom stereocenters. The highest BCUT2D eigenvalue weighted by Gasteiger charge is 2.29. The van der Waals surface area contributed by atoms with E-state index in [1.54, 1.807) is 33.5 Å². The summed E-state index contributed by atoms with van der Waals surface area (Å²) in [6.07, 6.45) is 0.489. The highest BCUT2D eigenvalue weighted by atomic mass is 16.5. The van der Waals surface area contributed by atoms with E-state index in [9.17, 15) is 9.59 Å². The number of ether oxygens (including phenoxy) is 4. The number of nitrogens with one attached hydrogen (secondary N) is 1. The van der Waals surface area contributed by atoms with Gasteiger partial charge in [-0.15, -0.1) is 0 Å². The third-order valence-corrected chi connectivity index (χ3v) is 6.51. The lowest BCUT2D eigenvalue weighted by Crippen LogP contribution is -2.39. The van der Waals surface area contributed by atoms with Gasteiger partial charge in [0.05, 0.1) is 28.4 Å². The largest absolute Gasteiger partial charge is 0.497 e. The second-order valence-corrected chi connectivity index (χ2v) is 8.88. The summed E-state index contributed by atoms with van der Waals surface area (Å²) in [4.78, 5) is 28.3. The number of hydrogen-bond acceptors (Lipinski definition) is 7. The van der Waals surface area contributed by atoms with Gasteiger partial charge in [0.15, 0.2) is 11.5 Å². The van der Waals surface area contributed by atoms with Gasteiger partial charge in [-0.05, 0) is 52.9 Å². The number of amides is 2. The van der Waals surface area contributed by atoms with Crippen LogP contribution in [0.3, 0.4) is 0 Å². The normalized spacial score (nSPS) is 12.5. The smallest absolute Gasteiger partial charge is 0.274 e. The van der Waals surface area contributed by atoms with Gasteiger partial charge in [-0.3, -0.25) is 14.9 Å². The first kappa shape index (κ1) is 26.6. The van der Waals surface area contributed by atoms with Gasteiger partial charge < -0.3 is 23.8 Å². The fourth-order valence-electron chi connectivity index (χ4n) is 4.68. The Hall–Kier alpha value is -4.46. The maximum Gasteiger partial charge on any atom is 0.274 e. The first-order valence-electron chi connectivity index (χ1n) is 12.2. The predicted molar refractivity (Wildman–Crippen MR) is 144 cm³/mol. The number of benzene rings is 3. The summed E-state index contributed by atoms with van der Waals surface area (Å²) in [6.45, 7) is 0.526. The van der Waals surface area contributed by atoms with Crippen LogP contribution in [0, 0.1) is 0 Å². The van der Waals surface area contributed by atoms with Crippen LogP contribution < -0.4 is 24.3 Å². The van der Waals surface area contributed by atoms with Crippen molar-refractivity contribution in [2.45, 2.75) is 19.4 Å². The van der Waals surface area contributed by atoms with Crippen molar-refractivity contribution >= 4 is 17.4 Å². The molecule has 1 aliphatic heterocycles. The SMILES string of the molecule is COc1ccc2c(c1)C(c1ccccc1)=C(C(=O)NC(=O)CCc1cc(OC)c(OC)c(OC)c1)N(C)C2. The van der Waals surface area contributed by atoms with E-state index in [-0.39, 0.29) is 12.3 Å². The molecule has 0 aliphatic carbocycles. The van der Waals surface area contributed by atoms with E-state index in [1.165, 1.54) is 7.11 Å². The summed E-state index contributed by atoms with van der Waals surface area (Å²) < 4.78 is 21.6. The van der Waals surface area contributed by atoms with E-state index >= 15 is 0 Å². The van der Waals surface area contributed by atoms with Crippen LogP contribution in [0.1, 0.15) is 28.7 Å². The van der Waals surface area contributed by atoms with Crippen LogP contribution in [0.5, 0.6) is 23.0 Å². The molecule has 1 N–H and O–H groups in total. The van der Waals surface area contributed by atoms with Gasteiger partial charge in [0.2, 0.25) is 11.7 Å². The van der Waals surface area contributed by atoms with Gasteiger partial charge in [-0.2, -0.15) is 0 Å². The third kappa shape index (κ3) is 5.44. The Morgan fingerprint density at radius 1 is 0.868 bits per heavy atom. The molecule has 38 heavy (non-hydrogen) atoms. The van der Waals surface area contributed by atoms with Crippen LogP contribution in [-0.2, 0) is 22.6 Å². The summed E-state index contributed by atoms with van der Waals surface area (Å²) >= 11 is 0. The van der Waals surface area contributed by atoms with Crippen LogP contribution in [-0.4, -0.2) is 52.2 Å². The number of carbonyl (C=O) groups excluding carboxylic acids is 2. The van der Waals surface area contributed by atoms with E-state index < -0.39 is 5.91 Å². The minimum Gasteiger partial charge on any atom is -0.497 e. The zero-order chi connectivity index (χ0) is 27.2. The number of imide groups is 1. The maximum atomic E-state index is 13.5. The van der Waals surface area contributed by atoms with Gasteiger partial charge in [-0.1, -0.05) is 36.4 Å². The molecule has 198 valence electrons. The van der Waals surface area contributed by atoms with E-state index in [2.05, 4.69) is 5.32 Å².